The fourth-order valence-corrected chi connectivity index (χ4v) is 5.20. The minimum absolute atomic E-state index is 0.0251. The van der Waals surface area contributed by atoms with Gasteiger partial charge in [0.1, 0.15) is 0 Å². The molecule has 2 saturated heterocycles. The van der Waals surface area contributed by atoms with Crippen molar-refractivity contribution in [2.24, 2.45) is 5.92 Å². The molecule has 1 aromatic heterocycles. The van der Waals surface area contributed by atoms with Crippen LogP contribution in [0.1, 0.15) is 34.4 Å². The molecule has 0 saturated carbocycles. The standard InChI is InChI=1S/C23H28N4O3/c28-22-7-3-6-19-16-12-17(14-24-13-16)21(27(19)22)15-25-23(29)18-4-1-2-5-20(18)26-8-10-30-11-9-26/h1-7,16-17,21,24H,8-15H2,(H,25,29)/t16-,17+,21+/m1/s1. The van der Waals surface area contributed by atoms with Crippen LogP contribution in [-0.2, 0) is 4.74 Å². The summed E-state index contributed by atoms with van der Waals surface area (Å²) in [5.41, 5.74) is 2.73. The first-order valence-corrected chi connectivity index (χ1v) is 10.8. The van der Waals surface area contributed by atoms with Crippen molar-refractivity contribution in [2.75, 3.05) is 50.8 Å². The number of aromatic nitrogens is 1. The van der Waals surface area contributed by atoms with Crippen molar-refractivity contribution in [1.82, 2.24) is 15.2 Å². The smallest absolute Gasteiger partial charge is 0.253 e. The van der Waals surface area contributed by atoms with E-state index in [-0.39, 0.29) is 17.5 Å². The Labute approximate surface area is 176 Å². The molecule has 5 rings (SSSR count). The van der Waals surface area contributed by atoms with Crippen molar-refractivity contribution in [3.05, 3.63) is 64.1 Å². The Morgan fingerprint density at radius 3 is 2.80 bits per heavy atom. The van der Waals surface area contributed by atoms with Gasteiger partial charge in [0.05, 0.1) is 24.8 Å². The number of nitrogens with zero attached hydrogens (tertiary/aromatic N) is 2. The molecule has 3 aliphatic rings. The van der Waals surface area contributed by atoms with Gasteiger partial charge in [0, 0.05) is 56.1 Å². The quantitative estimate of drug-likeness (QED) is 0.799. The number of rotatable bonds is 4. The van der Waals surface area contributed by atoms with E-state index in [4.69, 9.17) is 4.74 Å². The summed E-state index contributed by atoms with van der Waals surface area (Å²) in [6.07, 6.45) is 1.06. The number of para-hydroxylation sites is 1. The van der Waals surface area contributed by atoms with Crippen LogP contribution in [0.25, 0.3) is 0 Å². The number of benzene rings is 1. The molecule has 1 aromatic carbocycles. The molecule has 0 radical (unpaired) electrons. The third-order valence-corrected chi connectivity index (χ3v) is 6.67. The molecular weight excluding hydrogens is 380 g/mol. The van der Waals surface area contributed by atoms with Gasteiger partial charge in [0.25, 0.3) is 11.5 Å². The second-order valence-corrected chi connectivity index (χ2v) is 8.40. The number of anilines is 1. The summed E-state index contributed by atoms with van der Waals surface area (Å²) in [6, 6.07) is 13.2. The van der Waals surface area contributed by atoms with E-state index in [2.05, 4.69) is 21.6 Å². The Hall–Kier alpha value is -2.64. The van der Waals surface area contributed by atoms with Crippen molar-refractivity contribution in [3.8, 4) is 0 Å². The largest absolute Gasteiger partial charge is 0.378 e. The number of morpholine rings is 1. The molecule has 4 heterocycles. The molecular formula is C23H28N4O3. The van der Waals surface area contributed by atoms with E-state index >= 15 is 0 Å². The number of hydrogen-bond acceptors (Lipinski definition) is 5. The highest BCUT2D eigenvalue weighted by atomic mass is 16.5. The molecule has 0 aliphatic carbocycles. The van der Waals surface area contributed by atoms with Gasteiger partial charge >= 0.3 is 0 Å². The van der Waals surface area contributed by atoms with Gasteiger partial charge in [-0.1, -0.05) is 18.2 Å². The summed E-state index contributed by atoms with van der Waals surface area (Å²) >= 11 is 0. The third-order valence-electron chi connectivity index (χ3n) is 6.67. The van der Waals surface area contributed by atoms with Crippen LogP contribution in [0.4, 0.5) is 5.69 Å². The van der Waals surface area contributed by atoms with Gasteiger partial charge in [-0.05, 0) is 30.5 Å². The van der Waals surface area contributed by atoms with E-state index in [0.29, 0.717) is 37.2 Å². The van der Waals surface area contributed by atoms with E-state index in [1.165, 1.54) is 0 Å². The molecule has 2 bridgehead atoms. The first-order valence-electron chi connectivity index (χ1n) is 10.8. The summed E-state index contributed by atoms with van der Waals surface area (Å²) in [4.78, 5) is 28.0. The predicted octanol–water partition coefficient (Wildman–Crippen LogP) is 1.36. The monoisotopic (exact) mass is 408 g/mol. The summed E-state index contributed by atoms with van der Waals surface area (Å²) in [6.45, 7) is 5.15. The first kappa shape index (κ1) is 19.3. The zero-order chi connectivity index (χ0) is 20.5. The molecule has 7 heteroatoms. The number of carbonyl (C=O) groups is 1. The highest BCUT2D eigenvalue weighted by Crippen LogP contribution is 2.38. The van der Waals surface area contributed by atoms with E-state index in [0.717, 1.165) is 44.0 Å². The molecule has 158 valence electrons. The zero-order valence-corrected chi connectivity index (χ0v) is 17.0. The molecule has 2 aromatic rings. The fraction of sp³-hybridized carbons (Fsp3) is 0.478. The zero-order valence-electron chi connectivity index (χ0n) is 17.0. The van der Waals surface area contributed by atoms with Crippen LogP contribution < -0.4 is 21.1 Å². The Bertz CT molecular complexity index is 982. The van der Waals surface area contributed by atoms with Crippen LogP contribution >= 0.6 is 0 Å². The van der Waals surface area contributed by atoms with Crippen LogP contribution in [-0.4, -0.2) is 56.4 Å². The van der Waals surface area contributed by atoms with Gasteiger partial charge in [0.2, 0.25) is 0 Å². The lowest BCUT2D eigenvalue weighted by Gasteiger charge is -2.43. The maximum absolute atomic E-state index is 13.1. The molecule has 0 spiro atoms. The van der Waals surface area contributed by atoms with E-state index in [9.17, 15) is 9.59 Å². The lowest BCUT2D eigenvalue weighted by molar-refractivity contribution is 0.0931. The topological polar surface area (TPSA) is 75.6 Å². The van der Waals surface area contributed by atoms with E-state index in [1.807, 2.05) is 34.9 Å². The van der Waals surface area contributed by atoms with Gasteiger partial charge in [-0.15, -0.1) is 0 Å². The molecule has 30 heavy (non-hydrogen) atoms. The summed E-state index contributed by atoms with van der Waals surface area (Å²) < 4.78 is 7.38. The van der Waals surface area contributed by atoms with Gasteiger partial charge in [-0.25, -0.2) is 0 Å². The lowest BCUT2D eigenvalue weighted by atomic mass is 9.79. The summed E-state index contributed by atoms with van der Waals surface area (Å²) in [5.74, 6) is 0.617. The maximum atomic E-state index is 13.1. The number of amides is 1. The average Bonchev–Trinajstić information content (AvgIpc) is 2.80. The number of pyridine rings is 1. The van der Waals surface area contributed by atoms with E-state index in [1.54, 1.807) is 6.07 Å². The number of piperidine rings is 1. The highest BCUT2D eigenvalue weighted by Gasteiger charge is 2.37. The van der Waals surface area contributed by atoms with Crippen molar-refractivity contribution in [1.29, 1.82) is 0 Å². The van der Waals surface area contributed by atoms with Crippen LogP contribution in [0.2, 0.25) is 0 Å². The Balaban J connectivity index is 1.37. The summed E-state index contributed by atoms with van der Waals surface area (Å²) in [7, 11) is 0. The molecule has 7 nitrogen and oxygen atoms in total. The van der Waals surface area contributed by atoms with Crippen molar-refractivity contribution in [2.45, 2.75) is 18.4 Å². The average molecular weight is 409 g/mol. The Morgan fingerprint density at radius 2 is 1.93 bits per heavy atom. The molecule has 2 N–H and O–H groups in total. The molecule has 1 amide bonds. The Kier molecular flexibility index (Phi) is 5.31. The molecule has 3 aliphatic heterocycles. The highest BCUT2D eigenvalue weighted by molar-refractivity contribution is 5.99. The number of fused-ring (bicyclic) bond motifs is 4. The molecule has 0 unspecified atom stereocenters. The predicted molar refractivity (Wildman–Crippen MR) is 115 cm³/mol. The van der Waals surface area contributed by atoms with Gasteiger partial charge < -0.3 is 24.8 Å². The van der Waals surface area contributed by atoms with Gasteiger partial charge in [-0.2, -0.15) is 0 Å². The minimum Gasteiger partial charge on any atom is -0.378 e. The number of carbonyl (C=O) groups excluding carboxylic acids is 1. The number of nitrogens with one attached hydrogen (secondary N) is 2. The van der Waals surface area contributed by atoms with Crippen LogP contribution in [0.15, 0.2) is 47.3 Å². The van der Waals surface area contributed by atoms with Gasteiger partial charge in [-0.3, -0.25) is 9.59 Å². The number of hydrogen-bond donors (Lipinski definition) is 2. The normalized spacial score (nSPS) is 25.5. The van der Waals surface area contributed by atoms with Gasteiger partial charge in [0.15, 0.2) is 0 Å². The van der Waals surface area contributed by atoms with Crippen molar-refractivity contribution in [3.63, 3.8) is 0 Å². The Morgan fingerprint density at radius 1 is 1.10 bits per heavy atom. The fourth-order valence-electron chi connectivity index (χ4n) is 5.20. The second-order valence-electron chi connectivity index (χ2n) is 8.40. The van der Waals surface area contributed by atoms with Crippen molar-refractivity contribution >= 4 is 11.6 Å². The second kappa shape index (κ2) is 8.24. The maximum Gasteiger partial charge on any atom is 0.253 e. The van der Waals surface area contributed by atoms with E-state index < -0.39 is 0 Å². The SMILES string of the molecule is O=C(NC[C@H]1[C@@H]2CNC[C@@H](C2)c2cccc(=O)n21)c1ccccc1N1CCOCC1. The minimum atomic E-state index is -0.0893. The van der Waals surface area contributed by atoms with Crippen LogP contribution in [0.3, 0.4) is 0 Å². The first-order chi connectivity index (χ1) is 14.7. The van der Waals surface area contributed by atoms with Crippen LogP contribution in [0, 0.1) is 5.92 Å². The molecule has 2 fully saturated rings. The van der Waals surface area contributed by atoms with Crippen molar-refractivity contribution < 1.29 is 9.53 Å². The number of ether oxygens (including phenoxy) is 1. The van der Waals surface area contributed by atoms with Crippen LogP contribution in [0.5, 0.6) is 0 Å². The summed E-state index contributed by atoms with van der Waals surface area (Å²) in [5, 5.41) is 6.64. The molecule has 3 atom stereocenters. The third kappa shape index (κ3) is 3.52. The lowest BCUT2D eigenvalue weighted by Crippen LogP contribution is -2.50.